The summed E-state index contributed by atoms with van der Waals surface area (Å²) in [5.41, 5.74) is 1.83. The largest absolute Gasteiger partial charge is 0.479 e. The van der Waals surface area contributed by atoms with Crippen molar-refractivity contribution in [3.63, 3.8) is 0 Å². The molecule has 2 heterocycles. The van der Waals surface area contributed by atoms with Gasteiger partial charge < -0.3 is 15.0 Å². The van der Waals surface area contributed by atoms with Gasteiger partial charge in [-0.05, 0) is 43.3 Å². The zero-order valence-electron chi connectivity index (χ0n) is 15.6. The monoisotopic (exact) mass is 391 g/mol. The molecule has 2 aromatic carbocycles. The first kappa shape index (κ1) is 18.6. The second-order valence-electron chi connectivity index (χ2n) is 6.65. The lowest BCUT2D eigenvalue weighted by Crippen LogP contribution is -2.44. The summed E-state index contributed by atoms with van der Waals surface area (Å²) in [4.78, 5) is 30.5. The third kappa shape index (κ3) is 3.80. The van der Waals surface area contributed by atoms with Crippen molar-refractivity contribution in [3.8, 4) is 5.75 Å². The summed E-state index contributed by atoms with van der Waals surface area (Å²) < 4.78 is 19.8. The lowest BCUT2D eigenvalue weighted by molar-refractivity contribution is -0.125. The van der Waals surface area contributed by atoms with Crippen LogP contribution in [0.5, 0.6) is 5.75 Å². The van der Waals surface area contributed by atoms with Crippen molar-refractivity contribution in [2.45, 2.75) is 19.6 Å². The van der Waals surface area contributed by atoms with E-state index in [0.29, 0.717) is 28.3 Å². The van der Waals surface area contributed by atoms with E-state index in [1.165, 1.54) is 23.4 Å². The SMILES string of the molecule is CC1Oc2ccc(NC(=O)c3ccncc3)cc2N(Cc2ccccc2F)C1=O. The Morgan fingerprint density at radius 2 is 1.93 bits per heavy atom. The number of rotatable bonds is 4. The Morgan fingerprint density at radius 1 is 1.17 bits per heavy atom. The van der Waals surface area contributed by atoms with Crippen LogP contribution < -0.4 is 15.0 Å². The van der Waals surface area contributed by atoms with E-state index in [4.69, 9.17) is 4.74 Å². The van der Waals surface area contributed by atoms with Crippen LogP contribution in [0.1, 0.15) is 22.8 Å². The second kappa shape index (κ2) is 7.71. The number of halogens is 1. The Morgan fingerprint density at radius 3 is 2.69 bits per heavy atom. The molecule has 4 rings (SSSR count). The molecule has 0 radical (unpaired) electrons. The molecule has 3 aromatic rings. The first-order valence-corrected chi connectivity index (χ1v) is 9.10. The minimum absolute atomic E-state index is 0.0635. The number of hydrogen-bond acceptors (Lipinski definition) is 4. The number of amides is 2. The molecule has 146 valence electrons. The van der Waals surface area contributed by atoms with Gasteiger partial charge in [0.2, 0.25) is 0 Å². The van der Waals surface area contributed by atoms with E-state index in [1.54, 1.807) is 55.5 Å². The minimum Gasteiger partial charge on any atom is -0.479 e. The van der Waals surface area contributed by atoms with Crippen molar-refractivity contribution in [1.82, 2.24) is 4.98 Å². The molecule has 0 fully saturated rings. The number of hydrogen-bond donors (Lipinski definition) is 1. The van der Waals surface area contributed by atoms with Crippen LogP contribution in [0, 0.1) is 5.82 Å². The van der Waals surface area contributed by atoms with Gasteiger partial charge in [0, 0.05) is 29.2 Å². The van der Waals surface area contributed by atoms with Crippen molar-refractivity contribution in [2.75, 3.05) is 10.2 Å². The Balaban J connectivity index is 1.65. The van der Waals surface area contributed by atoms with Crippen LogP contribution in [0.2, 0.25) is 0 Å². The van der Waals surface area contributed by atoms with Gasteiger partial charge in [-0.3, -0.25) is 14.6 Å². The predicted molar refractivity (Wildman–Crippen MR) is 106 cm³/mol. The van der Waals surface area contributed by atoms with Crippen LogP contribution in [0.3, 0.4) is 0 Å². The Hall–Kier alpha value is -3.74. The average molecular weight is 391 g/mol. The molecule has 1 aliphatic rings. The number of aromatic nitrogens is 1. The maximum absolute atomic E-state index is 14.2. The fourth-order valence-corrected chi connectivity index (χ4v) is 3.15. The maximum Gasteiger partial charge on any atom is 0.268 e. The highest BCUT2D eigenvalue weighted by molar-refractivity contribution is 6.05. The first-order chi connectivity index (χ1) is 14.0. The van der Waals surface area contributed by atoms with Gasteiger partial charge in [-0.15, -0.1) is 0 Å². The van der Waals surface area contributed by atoms with Gasteiger partial charge in [-0.25, -0.2) is 4.39 Å². The number of nitrogens with one attached hydrogen (secondary N) is 1. The fourth-order valence-electron chi connectivity index (χ4n) is 3.15. The standard InChI is InChI=1S/C22H18FN3O3/c1-14-22(28)26(13-16-4-2-3-5-18(16)23)19-12-17(6-7-20(19)29-14)25-21(27)15-8-10-24-11-9-15/h2-12,14H,13H2,1H3,(H,25,27). The molecule has 1 aliphatic heterocycles. The number of nitrogens with zero attached hydrogens (tertiary/aromatic N) is 2. The smallest absolute Gasteiger partial charge is 0.268 e. The molecule has 0 aliphatic carbocycles. The molecule has 0 saturated carbocycles. The van der Waals surface area contributed by atoms with E-state index < -0.39 is 6.10 Å². The van der Waals surface area contributed by atoms with Crippen LogP contribution in [0.25, 0.3) is 0 Å². The molecule has 1 N–H and O–H groups in total. The third-order valence-electron chi connectivity index (χ3n) is 4.65. The molecule has 1 unspecified atom stereocenters. The number of anilines is 2. The molecule has 0 bridgehead atoms. The van der Waals surface area contributed by atoms with E-state index in [9.17, 15) is 14.0 Å². The van der Waals surface area contributed by atoms with Gasteiger partial charge in [0.05, 0.1) is 12.2 Å². The summed E-state index contributed by atoms with van der Waals surface area (Å²) in [6.07, 6.45) is 2.38. The van der Waals surface area contributed by atoms with E-state index in [2.05, 4.69) is 10.3 Å². The summed E-state index contributed by atoms with van der Waals surface area (Å²) in [7, 11) is 0. The molecule has 6 nitrogen and oxygen atoms in total. The van der Waals surface area contributed by atoms with Gasteiger partial charge in [0.1, 0.15) is 11.6 Å². The van der Waals surface area contributed by atoms with Crippen molar-refractivity contribution in [3.05, 3.63) is 83.9 Å². The summed E-state index contributed by atoms with van der Waals surface area (Å²) in [6.45, 7) is 1.71. The normalized spacial score (nSPS) is 15.4. The van der Waals surface area contributed by atoms with Gasteiger partial charge in [0.25, 0.3) is 11.8 Å². The summed E-state index contributed by atoms with van der Waals surface area (Å²) >= 11 is 0. The molecular weight excluding hydrogens is 373 g/mol. The maximum atomic E-state index is 14.2. The molecular formula is C22H18FN3O3. The van der Waals surface area contributed by atoms with Crippen molar-refractivity contribution < 1.29 is 18.7 Å². The molecule has 1 aromatic heterocycles. The summed E-state index contributed by atoms with van der Waals surface area (Å²) in [6, 6.07) is 14.6. The highest BCUT2D eigenvalue weighted by Gasteiger charge is 2.32. The Bertz CT molecular complexity index is 1070. The van der Waals surface area contributed by atoms with E-state index >= 15 is 0 Å². The number of fused-ring (bicyclic) bond motifs is 1. The highest BCUT2D eigenvalue weighted by Crippen LogP contribution is 2.37. The second-order valence-corrected chi connectivity index (χ2v) is 6.65. The van der Waals surface area contributed by atoms with Crippen molar-refractivity contribution >= 4 is 23.2 Å². The average Bonchev–Trinajstić information content (AvgIpc) is 2.73. The number of benzene rings is 2. The number of carbonyl (C=O) groups is 2. The van der Waals surface area contributed by atoms with E-state index in [0.717, 1.165) is 0 Å². The molecule has 0 saturated heterocycles. The van der Waals surface area contributed by atoms with Gasteiger partial charge >= 0.3 is 0 Å². The third-order valence-corrected chi connectivity index (χ3v) is 4.65. The van der Waals surface area contributed by atoms with Gasteiger partial charge in [-0.2, -0.15) is 0 Å². The lowest BCUT2D eigenvalue weighted by Gasteiger charge is -2.33. The van der Waals surface area contributed by atoms with Gasteiger partial charge in [0.15, 0.2) is 6.10 Å². The Kier molecular flexibility index (Phi) is 4.95. The fraction of sp³-hybridized carbons (Fsp3) is 0.136. The summed E-state index contributed by atoms with van der Waals surface area (Å²) in [5, 5.41) is 2.80. The molecule has 7 heteroatoms. The van der Waals surface area contributed by atoms with Crippen LogP contribution in [-0.4, -0.2) is 22.9 Å². The van der Waals surface area contributed by atoms with Gasteiger partial charge in [-0.1, -0.05) is 18.2 Å². The van der Waals surface area contributed by atoms with Crippen LogP contribution in [-0.2, 0) is 11.3 Å². The topological polar surface area (TPSA) is 71.5 Å². The first-order valence-electron chi connectivity index (χ1n) is 9.10. The van der Waals surface area contributed by atoms with Crippen molar-refractivity contribution in [2.24, 2.45) is 0 Å². The number of pyridine rings is 1. The van der Waals surface area contributed by atoms with E-state index in [1.807, 2.05) is 0 Å². The minimum atomic E-state index is -0.688. The summed E-state index contributed by atoms with van der Waals surface area (Å²) in [5.74, 6) is -0.471. The van der Waals surface area contributed by atoms with Crippen LogP contribution >= 0.6 is 0 Å². The number of ether oxygens (including phenoxy) is 1. The highest BCUT2D eigenvalue weighted by atomic mass is 19.1. The lowest BCUT2D eigenvalue weighted by atomic mass is 10.1. The molecule has 0 spiro atoms. The van der Waals surface area contributed by atoms with Crippen LogP contribution in [0.4, 0.5) is 15.8 Å². The molecule has 1 atom stereocenters. The zero-order valence-corrected chi connectivity index (χ0v) is 15.6. The van der Waals surface area contributed by atoms with Crippen LogP contribution in [0.15, 0.2) is 67.0 Å². The zero-order chi connectivity index (χ0) is 20.4. The van der Waals surface area contributed by atoms with E-state index in [-0.39, 0.29) is 24.2 Å². The Labute approximate surface area is 166 Å². The predicted octanol–water partition coefficient (Wildman–Crippen LogP) is 3.79. The van der Waals surface area contributed by atoms with Crippen molar-refractivity contribution in [1.29, 1.82) is 0 Å². The molecule has 2 amide bonds. The number of carbonyl (C=O) groups excluding carboxylic acids is 2. The quantitative estimate of drug-likeness (QED) is 0.735. The molecule has 29 heavy (non-hydrogen) atoms.